The topological polar surface area (TPSA) is 58.2 Å². The largest absolute Gasteiger partial charge is 0.313 e. The van der Waals surface area contributed by atoms with Crippen molar-refractivity contribution in [2.24, 2.45) is 0 Å². The van der Waals surface area contributed by atoms with Crippen LogP contribution in [0, 0.1) is 5.82 Å². The summed E-state index contributed by atoms with van der Waals surface area (Å²) in [6.07, 6.45) is 2.76. The van der Waals surface area contributed by atoms with Gasteiger partial charge in [0.2, 0.25) is 10.0 Å². The first-order valence-corrected chi connectivity index (χ1v) is 7.21. The molecule has 1 heterocycles. The van der Waals surface area contributed by atoms with Gasteiger partial charge in [0, 0.05) is 13.1 Å². The molecule has 0 fully saturated rings. The van der Waals surface area contributed by atoms with Gasteiger partial charge in [0.05, 0.1) is 0 Å². The zero-order valence-corrected chi connectivity index (χ0v) is 11.9. The fourth-order valence-electron chi connectivity index (χ4n) is 1.76. The van der Waals surface area contributed by atoms with Crippen LogP contribution in [0.5, 0.6) is 0 Å². The molecule has 0 unspecified atom stereocenters. The molecule has 1 aromatic rings. The summed E-state index contributed by atoms with van der Waals surface area (Å²) in [7, 11) is -3.78. The van der Waals surface area contributed by atoms with Crippen LogP contribution in [-0.2, 0) is 10.0 Å². The Morgan fingerprint density at radius 2 is 2.05 bits per heavy atom. The van der Waals surface area contributed by atoms with E-state index in [1.807, 2.05) is 6.08 Å². The summed E-state index contributed by atoms with van der Waals surface area (Å²) in [4.78, 5) is -0.306. The molecule has 0 spiro atoms. The van der Waals surface area contributed by atoms with Gasteiger partial charge in [0.1, 0.15) is 10.7 Å². The minimum atomic E-state index is -3.78. The molecule has 7 heteroatoms. The molecule has 0 aromatic heterocycles. The van der Waals surface area contributed by atoms with E-state index in [9.17, 15) is 12.8 Å². The first-order chi connectivity index (χ1) is 8.59. The van der Waals surface area contributed by atoms with Crippen LogP contribution in [0.2, 0.25) is 0 Å². The lowest BCUT2D eigenvalue weighted by Crippen LogP contribution is -2.30. The van der Waals surface area contributed by atoms with E-state index in [1.54, 1.807) is 0 Å². The fraction of sp³-hybridized carbons (Fsp3) is 0.333. The zero-order valence-electron chi connectivity index (χ0n) is 10.2. The van der Waals surface area contributed by atoms with Crippen molar-refractivity contribution in [3.05, 3.63) is 41.7 Å². The number of rotatable bonds is 4. The van der Waals surface area contributed by atoms with Gasteiger partial charge < -0.3 is 5.32 Å². The van der Waals surface area contributed by atoms with Gasteiger partial charge in [0.25, 0.3) is 0 Å². The van der Waals surface area contributed by atoms with E-state index < -0.39 is 15.8 Å². The molecule has 0 saturated carbocycles. The van der Waals surface area contributed by atoms with Crippen molar-refractivity contribution in [3.63, 3.8) is 0 Å². The van der Waals surface area contributed by atoms with Crippen LogP contribution in [0.25, 0.3) is 0 Å². The van der Waals surface area contributed by atoms with Crippen molar-refractivity contribution >= 4 is 22.4 Å². The van der Waals surface area contributed by atoms with E-state index in [-0.39, 0.29) is 23.8 Å². The molecule has 1 aromatic carbocycles. The lowest BCUT2D eigenvalue weighted by molar-refractivity contribution is 0.558. The number of halogens is 2. The third-order valence-corrected chi connectivity index (χ3v) is 4.21. The molecule has 0 radical (unpaired) electrons. The SMILES string of the molecule is Cl.O=S(=O)(NCC1=CCNCC1)c1ccccc1F. The summed E-state index contributed by atoms with van der Waals surface area (Å²) in [6.45, 7) is 1.82. The first-order valence-electron chi connectivity index (χ1n) is 5.72. The summed E-state index contributed by atoms with van der Waals surface area (Å²) in [5, 5.41) is 3.14. The second-order valence-corrected chi connectivity index (χ2v) is 5.81. The van der Waals surface area contributed by atoms with Crippen molar-refractivity contribution in [3.8, 4) is 0 Å². The molecular formula is C12H16ClFN2O2S. The van der Waals surface area contributed by atoms with Crippen molar-refractivity contribution in [1.29, 1.82) is 0 Å². The van der Waals surface area contributed by atoms with Crippen LogP contribution in [0.3, 0.4) is 0 Å². The van der Waals surface area contributed by atoms with Crippen LogP contribution in [0.1, 0.15) is 6.42 Å². The molecule has 4 nitrogen and oxygen atoms in total. The predicted octanol–water partition coefficient (Wildman–Crippen LogP) is 1.45. The summed E-state index contributed by atoms with van der Waals surface area (Å²) >= 11 is 0. The molecule has 2 N–H and O–H groups in total. The van der Waals surface area contributed by atoms with Crippen LogP contribution in [0.4, 0.5) is 4.39 Å². The number of hydrogen-bond acceptors (Lipinski definition) is 3. The molecular weight excluding hydrogens is 291 g/mol. The van der Waals surface area contributed by atoms with Gasteiger partial charge >= 0.3 is 0 Å². The Kier molecular flexibility index (Phi) is 5.93. The fourth-order valence-corrected chi connectivity index (χ4v) is 2.87. The van der Waals surface area contributed by atoms with Crippen LogP contribution in [0.15, 0.2) is 40.8 Å². The molecule has 0 amide bonds. The van der Waals surface area contributed by atoms with E-state index in [2.05, 4.69) is 10.0 Å². The monoisotopic (exact) mass is 306 g/mol. The Bertz CT molecular complexity index is 561. The average molecular weight is 307 g/mol. The highest BCUT2D eigenvalue weighted by Gasteiger charge is 2.18. The first kappa shape index (κ1) is 16.1. The molecule has 19 heavy (non-hydrogen) atoms. The maximum Gasteiger partial charge on any atom is 0.243 e. The average Bonchev–Trinajstić information content (AvgIpc) is 2.38. The number of hydrogen-bond donors (Lipinski definition) is 2. The molecule has 0 bridgehead atoms. The quantitative estimate of drug-likeness (QED) is 0.828. The van der Waals surface area contributed by atoms with Gasteiger partial charge in [-0.15, -0.1) is 12.4 Å². The van der Waals surface area contributed by atoms with Gasteiger partial charge in [-0.1, -0.05) is 23.8 Å². The van der Waals surface area contributed by atoms with Crippen molar-refractivity contribution in [2.75, 3.05) is 19.6 Å². The number of benzene rings is 1. The molecule has 0 saturated heterocycles. The molecule has 1 aliphatic heterocycles. The van der Waals surface area contributed by atoms with E-state index in [4.69, 9.17) is 0 Å². The molecule has 1 aliphatic rings. The highest BCUT2D eigenvalue weighted by molar-refractivity contribution is 7.89. The minimum absolute atomic E-state index is 0. The van der Waals surface area contributed by atoms with Crippen LogP contribution in [-0.4, -0.2) is 28.1 Å². The predicted molar refractivity (Wildman–Crippen MR) is 74.4 cm³/mol. The second kappa shape index (κ2) is 7.00. The second-order valence-electron chi connectivity index (χ2n) is 4.07. The van der Waals surface area contributed by atoms with E-state index in [0.717, 1.165) is 31.1 Å². The van der Waals surface area contributed by atoms with Gasteiger partial charge in [-0.25, -0.2) is 17.5 Å². The van der Waals surface area contributed by atoms with Gasteiger partial charge in [-0.3, -0.25) is 0 Å². The van der Waals surface area contributed by atoms with Crippen LogP contribution < -0.4 is 10.0 Å². The van der Waals surface area contributed by atoms with E-state index >= 15 is 0 Å². The van der Waals surface area contributed by atoms with E-state index in [0.29, 0.717) is 0 Å². The highest BCUT2D eigenvalue weighted by Crippen LogP contribution is 2.13. The third kappa shape index (κ3) is 4.28. The Labute approximate surface area is 118 Å². The minimum Gasteiger partial charge on any atom is -0.313 e. The lowest BCUT2D eigenvalue weighted by Gasteiger charge is -2.14. The molecule has 106 valence electrons. The summed E-state index contributed by atoms with van der Waals surface area (Å²) in [5.41, 5.74) is 1.02. The molecule has 2 rings (SSSR count). The maximum atomic E-state index is 13.4. The Balaban J connectivity index is 0.00000180. The highest BCUT2D eigenvalue weighted by atomic mass is 35.5. The molecule has 0 aliphatic carbocycles. The summed E-state index contributed by atoms with van der Waals surface area (Å²) < 4.78 is 39.6. The standard InChI is InChI=1S/C12H15FN2O2S.ClH/c13-11-3-1-2-4-12(11)18(16,17)15-9-10-5-7-14-8-6-10;/h1-5,14-15H,6-9H2;1H. The van der Waals surface area contributed by atoms with Crippen molar-refractivity contribution in [1.82, 2.24) is 10.0 Å². The summed E-state index contributed by atoms with van der Waals surface area (Å²) in [5.74, 6) is -0.732. The Morgan fingerprint density at radius 1 is 1.32 bits per heavy atom. The zero-order chi connectivity index (χ0) is 13.0. The van der Waals surface area contributed by atoms with Gasteiger partial charge in [0.15, 0.2) is 0 Å². The van der Waals surface area contributed by atoms with Crippen molar-refractivity contribution in [2.45, 2.75) is 11.3 Å². The normalized spacial score (nSPS) is 15.5. The third-order valence-electron chi connectivity index (χ3n) is 2.77. The Morgan fingerprint density at radius 3 is 2.68 bits per heavy atom. The number of sulfonamides is 1. The smallest absolute Gasteiger partial charge is 0.243 e. The van der Waals surface area contributed by atoms with Gasteiger partial charge in [-0.05, 0) is 25.1 Å². The maximum absolute atomic E-state index is 13.4. The van der Waals surface area contributed by atoms with Gasteiger partial charge in [-0.2, -0.15) is 0 Å². The molecule has 0 atom stereocenters. The number of nitrogens with one attached hydrogen (secondary N) is 2. The van der Waals surface area contributed by atoms with Crippen LogP contribution >= 0.6 is 12.4 Å². The van der Waals surface area contributed by atoms with Crippen molar-refractivity contribution < 1.29 is 12.8 Å². The summed E-state index contributed by atoms with van der Waals surface area (Å²) in [6, 6.07) is 5.36. The Hall–Kier alpha value is -0.950. The van der Waals surface area contributed by atoms with E-state index in [1.165, 1.54) is 18.2 Å². The lowest BCUT2D eigenvalue weighted by atomic mass is 10.1.